The van der Waals surface area contributed by atoms with Gasteiger partial charge >= 0.3 is 5.97 Å². The van der Waals surface area contributed by atoms with Crippen molar-refractivity contribution in [3.05, 3.63) is 11.8 Å². The van der Waals surface area contributed by atoms with Crippen LogP contribution in [0.4, 0.5) is 0 Å². The van der Waals surface area contributed by atoms with Crippen LogP contribution >= 0.6 is 11.6 Å². The molecule has 2 nitrogen and oxygen atoms in total. The van der Waals surface area contributed by atoms with Crippen molar-refractivity contribution in [2.75, 3.05) is 0 Å². The molecule has 0 atom stereocenters. The van der Waals surface area contributed by atoms with Crippen molar-refractivity contribution in [1.29, 1.82) is 0 Å². The van der Waals surface area contributed by atoms with Gasteiger partial charge in [-0.1, -0.05) is 31.4 Å². The summed E-state index contributed by atoms with van der Waals surface area (Å²) in [6, 6.07) is 0. The molecule has 0 bridgehead atoms. The van der Waals surface area contributed by atoms with E-state index in [1.807, 2.05) is 13.8 Å². The largest absolute Gasteiger partial charge is 0.433 e. The van der Waals surface area contributed by atoms with Gasteiger partial charge in [-0.05, 0) is 20.3 Å². The SMILES string of the molecule is CCCCC(C)(C)C(=O)O/C=C\Cl. The second-order valence-corrected chi connectivity index (χ2v) is 3.91. The van der Waals surface area contributed by atoms with Gasteiger partial charge in [0.2, 0.25) is 0 Å². The monoisotopic (exact) mass is 204 g/mol. The average molecular weight is 205 g/mol. The van der Waals surface area contributed by atoms with Crippen molar-refractivity contribution in [2.24, 2.45) is 5.41 Å². The van der Waals surface area contributed by atoms with Crippen molar-refractivity contribution in [3.63, 3.8) is 0 Å². The van der Waals surface area contributed by atoms with Crippen molar-refractivity contribution in [1.82, 2.24) is 0 Å². The quantitative estimate of drug-likeness (QED) is 0.507. The Morgan fingerprint density at radius 3 is 2.62 bits per heavy atom. The summed E-state index contributed by atoms with van der Waals surface area (Å²) in [6.45, 7) is 5.86. The van der Waals surface area contributed by atoms with Gasteiger partial charge in [0.15, 0.2) is 0 Å². The lowest BCUT2D eigenvalue weighted by Crippen LogP contribution is -2.25. The lowest BCUT2D eigenvalue weighted by atomic mass is 9.87. The second-order valence-electron chi connectivity index (χ2n) is 3.65. The van der Waals surface area contributed by atoms with E-state index in [-0.39, 0.29) is 5.97 Å². The molecule has 0 aromatic heterocycles. The molecule has 76 valence electrons. The molecule has 0 heterocycles. The first-order valence-electron chi connectivity index (χ1n) is 4.51. The highest BCUT2D eigenvalue weighted by Gasteiger charge is 2.27. The van der Waals surface area contributed by atoms with Gasteiger partial charge in [-0.25, -0.2) is 0 Å². The minimum atomic E-state index is -0.410. The number of ether oxygens (including phenoxy) is 1. The van der Waals surface area contributed by atoms with Crippen molar-refractivity contribution >= 4 is 17.6 Å². The standard InChI is InChI=1S/C10H17ClO2/c1-4-5-6-10(2,3)9(12)13-8-7-11/h7-8H,4-6H2,1-3H3/b8-7-. The smallest absolute Gasteiger partial charge is 0.316 e. The summed E-state index contributed by atoms with van der Waals surface area (Å²) < 4.78 is 4.80. The zero-order valence-electron chi connectivity index (χ0n) is 8.47. The third-order valence-corrected chi connectivity index (χ3v) is 2.04. The molecule has 0 aromatic rings. The van der Waals surface area contributed by atoms with Crippen molar-refractivity contribution in [3.8, 4) is 0 Å². The van der Waals surface area contributed by atoms with Gasteiger partial charge in [0.05, 0.1) is 5.41 Å². The molecule has 0 amide bonds. The van der Waals surface area contributed by atoms with E-state index in [9.17, 15) is 4.79 Å². The fraction of sp³-hybridized carbons (Fsp3) is 0.700. The Balaban J connectivity index is 4.02. The third kappa shape index (κ3) is 4.94. The fourth-order valence-corrected chi connectivity index (χ4v) is 1.02. The highest BCUT2D eigenvalue weighted by molar-refractivity contribution is 6.25. The Morgan fingerprint density at radius 1 is 1.54 bits per heavy atom. The number of halogens is 1. The molecule has 0 aromatic carbocycles. The van der Waals surface area contributed by atoms with E-state index in [1.54, 1.807) is 0 Å². The van der Waals surface area contributed by atoms with Gasteiger partial charge in [-0.15, -0.1) is 0 Å². The van der Waals surface area contributed by atoms with Crippen LogP contribution < -0.4 is 0 Å². The molecule has 0 saturated heterocycles. The molecule has 0 aliphatic rings. The summed E-state index contributed by atoms with van der Waals surface area (Å²) in [4.78, 5) is 11.4. The molecule has 0 saturated carbocycles. The first-order valence-corrected chi connectivity index (χ1v) is 4.94. The van der Waals surface area contributed by atoms with Crippen LogP contribution in [0.2, 0.25) is 0 Å². The van der Waals surface area contributed by atoms with E-state index in [0.717, 1.165) is 19.3 Å². The molecule has 0 fully saturated rings. The van der Waals surface area contributed by atoms with Crippen LogP contribution in [0, 0.1) is 5.41 Å². The van der Waals surface area contributed by atoms with Crippen LogP contribution in [0.15, 0.2) is 11.8 Å². The van der Waals surface area contributed by atoms with E-state index in [1.165, 1.54) is 11.8 Å². The summed E-state index contributed by atoms with van der Waals surface area (Å²) in [6.07, 6.45) is 4.17. The van der Waals surface area contributed by atoms with Gasteiger partial charge in [0.1, 0.15) is 6.26 Å². The normalized spacial score (nSPS) is 12.0. The van der Waals surface area contributed by atoms with E-state index in [2.05, 4.69) is 6.92 Å². The summed E-state index contributed by atoms with van der Waals surface area (Å²) in [5, 5.41) is 0. The van der Waals surface area contributed by atoms with E-state index < -0.39 is 5.41 Å². The Kier molecular flexibility index (Phi) is 5.80. The van der Waals surface area contributed by atoms with Gasteiger partial charge in [0, 0.05) is 5.54 Å². The molecule has 0 radical (unpaired) electrons. The molecular formula is C10H17ClO2. The summed E-state index contributed by atoms with van der Waals surface area (Å²) in [5.41, 5.74) is 0.778. The van der Waals surface area contributed by atoms with E-state index in [4.69, 9.17) is 16.3 Å². The third-order valence-electron chi connectivity index (χ3n) is 1.93. The number of unbranched alkanes of at least 4 members (excludes halogenated alkanes) is 1. The highest BCUT2D eigenvalue weighted by atomic mass is 35.5. The van der Waals surface area contributed by atoms with E-state index in [0.29, 0.717) is 0 Å². The lowest BCUT2D eigenvalue weighted by molar-refractivity contribution is -0.148. The van der Waals surface area contributed by atoms with Crippen LogP contribution in [0.3, 0.4) is 0 Å². The Bertz CT molecular complexity index is 185. The van der Waals surface area contributed by atoms with Gasteiger partial charge in [-0.3, -0.25) is 4.79 Å². The number of hydrogen-bond donors (Lipinski definition) is 0. The molecule has 0 aliphatic carbocycles. The fourth-order valence-electron chi connectivity index (χ4n) is 0.968. The molecule has 0 aliphatic heterocycles. The summed E-state index contributed by atoms with van der Waals surface area (Å²) in [5.74, 6) is -0.224. The minimum absolute atomic E-state index is 0.224. The van der Waals surface area contributed by atoms with Crippen LogP contribution in [0.25, 0.3) is 0 Å². The average Bonchev–Trinajstić information content (AvgIpc) is 2.10. The summed E-state index contributed by atoms with van der Waals surface area (Å²) >= 11 is 5.24. The predicted octanol–water partition coefficient (Wildman–Crippen LogP) is 3.46. The Hall–Kier alpha value is -0.500. The van der Waals surface area contributed by atoms with Crippen molar-refractivity contribution in [2.45, 2.75) is 40.0 Å². The first-order chi connectivity index (χ1) is 6.04. The van der Waals surface area contributed by atoms with Gasteiger partial charge in [0.25, 0.3) is 0 Å². The topological polar surface area (TPSA) is 26.3 Å². The molecule has 13 heavy (non-hydrogen) atoms. The maximum absolute atomic E-state index is 11.4. The van der Waals surface area contributed by atoms with Gasteiger partial charge in [-0.2, -0.15) is 0 Å². The van der Waals surface area contributed by atoms with Crippen LogP contribution in [-0.2, 0) is 9.53 Å². The number of rotatable bonds is 5. The number of esters is 1. The molecule has 3 heteroatoms. The molecule has 0 spiro atoms. The molecule has 0 N–H and O–H groups in total. The highest BCUT2D eigenvalue weighted by Crippen LogP contribution is 2.24. The number of carbonyl (C=O) groups excluding carboxylic acids is 1. The number of hydrogen-bond acceptors (Lipinski definition) is 2. The molecule has 0 rings (SSSR count). The van der Waals surface area contributed by atoms with E-state index >= 15 is 0 Å². The van der Waals surface area contributed by atoms with Crippen LogP contribution in [0.1, 0.15) is 40.0 Å². The maximum Gasteiger partial charge on any atom is 0.316 e. The second kappa shape index (κ2) is 6.03. The zero-order valence-corrected chi connectivity index (χ0v) is 9.23. The lowest BCUT2D eigenvalue weighted by Gasteiger charge is -2.20. The molecule has 0 unspecified atom stereocenters. The zero-order chi connectivity index (χ0) is 10.3. The first kappa shape index (κ1) is 12.5. The van der Waals surface area contributed by atoms with Gasteiger partial charge < -0.3 is 4.74 Å². The number of carbonyl (C=O) groups is 1. The maximum atomic E-state index is 11.4. The Morgan fingerprint density at radius 2 is 2.15 bits per heavy atom. The van der Waals surface area contributed by atoms with Crippen molar-refractivity contribution < 1.29 is 9.53 Å². The Labute approximate surface area is 84.9 Å². The minimum Gasteiger partial charge on any atom is -0.433 e. The van der Waals surface area contributed by atoms with Crippen LogP contribution in [0.5, 0.6) is 0 Å². The molecular weight excluding hydrogens is 188 g/mol. The van der Waals surface area contributed by atoms with Crippen LogP contribution in [-0.4, -0.2) is 5.97 Å². The predicted molar refractivity (Wildman–Crippen MR) is 54.4 cm³/mol. The summed E-state index contributed by atoms with van der Waals surface area (Å²) in [7, 11) is 0.